The molecule has 2 aromatic heterocycles. The Labute approximate surface area is 153 Å². The maximum atomic E-state index is 13.2. The molecule has 0 saturated carbocycles. The smallest absolute Gasteiger partial charge is 0.282 e. The van der Waals surface area contributed by atoms with Crippen molar-refractivity contribution in [3.05, 3.63) is 36.2 Å². The van der Waals surface area contributed by atoms with Crippen LogP contribution in [-0.4, -0.2) is 56.1 Å². The van der Waals surface area contributed by atoms with Crippen molar-refractivity contribution in [3.63, 3.8) is 0 Å². The topological polar surface area (TPSA) is 84.2 Å². The van der Waals surface area contributed by atoms with Crippen LogP contribution < -0.4 is 4.90 Å². The summed E-state index contributed by atoms with van der Waals surface area (Å²) in [6.45, 7) is 1.22. The molecule has 2 amide bonds. The monoisotopic (exact) mass is 376 g/mol. The number of halogens is 2. The Kier molecular flexibility index (Phi) is 4.12. The van der Waals surface area contributed by atoms with Crippen molar-refractivity contribution >= 4 is 17.5 Å². The van der Waals surface area contributed by atoms with Gasteiger partial charge in [-0.25, -0.2) is 18.7 Å². The first-order valence-electron chi connectivity index (χ1n) is 8.55. The van der Waals surface area contributed by atoms with E-state index in [9.17, 15) is 18.4 Å². The number of anilines is 1. The molecule has 2 aliphatic heterocycles. The van der Waals surface area contributed by atoms with Gasteiger partial charge in [0.25, 0.3) is 12.3 Å². The zero-order valence-corrected chi connectivity index (χ0v) is 14.7. The van der Waals surface area contributed by atoms with E-state index in [1.807, 2.05) is 0 Å². The highest BCUT2D eigenvalue weighted by molar-refractivity contribution is 5.97. The van der Waals surface area contributed by atoms with E-state index in [2.05, 4.69) is 15.1 Å². The molecule has 1 atom stereocenters. The van der Waals surface area contributed by atoms with E-state index < -0.39 is 18.0 Å². The highest BCUT2D eigenvalue weighted by Gasteiger charge is 2.49. The molecule has 0 unspecified atom stereocenters. The molecule has 2 aromatic rings. The molecule has 0 aromatic carbocycles. The van der Waals surface area contributed by atoms with Gasteiger partial charge in [-0.05, 0) is 6.42 Å². The molecular weight excluding hydrogens is 358 g/mol. The van der Waals surface area contributed by atoms with E-state index >= 15 is 0 Å². The Hall–Kier alpha value is -2.91. The first-order chi connectivity index (χ1) is 12.9. The number of likely N-dealkylation sites (tertiary alicyclic amines) is 1. The Morgan fingerprint density at radius 1 is 1.26 bits per heavy atom. The average molecular weight is 376 g/mol. The maximum Gasteiger partial charge on any atom is 0.282 e. The number of aryl methyl sites for hydroxylation is 1. The van der Waals surface area contributed by atoms with Gasteiger partial charge in [-0.2, -0.15) is 5.10 Å². The summed E-state index contributed by atoms with van der Waals surface area (Å²) in [7, 11) is 1.50. The van der Waals surface area contributed by atoms with Crippen molar-refractivity contribution in [2.24, 2.45) is 12.5 Å². The van der Waals surface area contributed by atoms with Gasteiger partial charge in [-0.15, -0.1) is 0 Å². The number of amides is 2. The second kappa shape index (κ2) is 6.36. The highest BCUT2D eigenvalue weighted by Crippen LogP contribution is 2.42. The van der Waals surface area contributed by atoms with E-state index in [0.29, 0.717) is 38.2 Å². The third-order valence-electron chi connectivity index (χ3n) is 5.20. The second-order valence-corrected chi connectivity index (χ2v) is 7.13. The van der Waals surface area contributed by atoms with E-state index in [4.69, 9.17) is 0 Å². The van der Waals surface area contributed by atoms with Crippen molar-refractivity contribution in [1.82, 2.24) is 24.6 Å². The molecule has 2 saturated heterocycles. The van der Waals surface area contributed by atoms with Crippen molar-refractivity contribution < 1.29 is 18.4 Å². The minimum atomic E-state index is -2.82. The van der Waals surface area contributed by atoms with Gasteiger partial charge in [0.1, 0.15) is 12.0 Å². The number of carbonyl (C=O) groups is 2. The Morgan fingerprint density at radius 2 is 2.00 bits per heavy atom. The summed E-state index contributed by atoms with van der Waals surface area (Å²) >= 11 is 0. The highest BCUT2D eigenvalue weighted by atomic mass is 19.3. The predicted molar refractivity (Wildman–Crippen MR) is 90.1 cm³/mol. The summed E-state index contributed by atoms with van der Waals surface area (Å²) in [6, 6.07) is 0. The Bertz CT molecular complexity index is 887. The first-order valence-corrected chi connectivity index (χ1v) is 8.55. The standard InChI is InChI=1S/C17H18F2N6O2/c1-23-7-12(14(22-23)15(18)19)16(27)24-3-2-17(8-24)4-13(26)25(9-17)11-5-20-10-21-6-11/h5-7,10,15H,2-4,8-9H2,1H3/t17-/m1/s1. The largest absolute Gasteiger partial charge is 0.338 e. The minimum absolute atomic E-state index is 0.0475. The number of aromatic nitrogens is 4. The third-order valence-corrected chi connectivity index (χ3v) is 5.20. The second-order valence-electron chi connectivity index (χ2n) is 7.13. The van der Waals surface area contributed by atoms with E-state index in [-0.39, 0.29) is 16.9 Å². The van der Waals surface area contributed by atoms with Crippen LogP contribution in [0.1, 0.15) is 35.3 Å². The molecule has 1 spiro atoms. The zero-order valence-electron chi connectivity index (χ0n) is 14.7. The molecule has 0 bridgehead atoms. The molecule has 10 heteroatoms. The van der Waals surface area contributed by atoms with Crippen LogP contribution in [0.5, 0.6) is 0 Å². The molecule has 4 rings (SSSR count). The van der Waals surface area contributed by atoms with Crippen LogP contribution in [0.2, 0.25) is 0 Å². The molecule has 0 N–H and O–H groups in total. The van der Waals surface area contributed by atoms with E-state index in [1.54, 1.807) is 22.2 Å². The van der Waals surface area contributed by atoms with Crippen molar-refractivity contribution in [2.45, 2.75) is 19.3 Å². The predicted octanol–water partition coefficient (Wildman–Crippen LogP) is 1.42. The quantitative estimate of drug-likeness (QED) is 0.809. The molecular formula is C17H18F2N6O2. The van der Waals surface area contributed by atoms with Gasteiger partial charge in [0.2, 0.25) is 5.91 Å². The Balaban J connectivity index is 1.52. The van der Waals surface area contributed by atoms with Crippen molar-refractivity contribution in [2.75, 3.05) is 24.5 Å². The molecule has 2 aliphatic rings. The van der Waals surface area contributed by atoms with E-state index in [0.717, 1.165) is 0 Å². The Morgan fingerprint density at radius 3 is 2.70 bits per heavy atom. The zero-order chi connectivity index (χ0) is 19.2. The number of nitrogens with zero attached hydrogens (tertiary/aromatic N) is 6. The molecule has 0 aliphatic carbocycles. The van der Waals surface area contributed by atoms with Crippen LogP contribution in [0, 0.1) is 5.41 Å². The number of carbonyl (C=O) groups excluding carboxylic acids is 2. The fraction of sp³-hybridized carbons (Fsp3) is 0.471. The van der Waals surface area contributed by atoms with Gasteiger partial charge < -0.3 is 9.80 Å². The first kappa shape index (κ1) is 17.5. The minimum Gasteiger partial charge on any atom is -0.338 e. The van der Waals surface area contributed by atoms with Crippen molar-refractivity contribution in [3.8, 4) is 0 Å². The lowest BCUT2D eigenvalue weighted by Crippen LogP contribution is -2.34. The molecule has 27 heavy (non-hydrogen) atoms. The number of rotatable bonds is 3. The summed E-state index contributed by atoms with van der Waals surface area (Å²) in [5.74, 6) is -0.516. The van der Waals surface area contributed by atoms with Crippen LogP contribution >= 0.6 is 0 Å². The van der Waals surface area contributed by atoms with Crippen LogP contribution in [-0.2, 0) is 11.8 Å². The van der Waals surface area contributed by atoms with Gasteiger partial charge in [0.05, 0.1) is 23.6 Å². The molecule has 0 radical (unpaired) electrons. The van der Waals surface area contributed by atoms with Crippen LogP contribution in [0.3, 0.4) is 0 Å². The molecule has 4 heterocycles. The SMILES string of the molecule is Cn1cc(C(=O)N2CC[C@@]3(CC(=O)N(c4cncnc4)C3)C2)c(C(F)F)n1. The summed E-state index contributed by atoms with van der Waals surface area (Å²) < 4.78 is 27.5. The summed E-state index contributed by atoms with van der Waals surface area (Å²) in [4.78, 5) is 36.3. The average Bonchev–Trinajstić information content (AvgIpc) is 3.33. The number of hydrogen-bond donors (Lipinski definition) is 0. The summed E-state index contributed by atoms with van der Waals surface area (Å²) in [6.07, 6.45) is 3.99. The third kappa shape index (κ3) is 3.04. The van der Waals surface area contributed by atoms with Gasteiger partial charge in [-0.3, -0.25) is 14.3 Å². The van der Waals surface area contributed by atoms with Gasteiger partial charge in [0.15, 0.2) is 0 Å². The van der Waals surface area contributed by atoms with Gasteiger partial charge in [-0.1, -0.05) is 0 Å². The fourth-order valence-corrected chi connectivity index (χ4v) is 3.95. The van der Waals surface area contributed by atoms with Crippen LogP contribution in [0.4, 0.5) is 14.5 Å². The van der Waals surface area contributed by atoms with Crippen molar-refractivity contribution in [1.29, 1.82) is 0 Å². The maximum absolute atomic E-state index is 13.2. The number of alkyl halides is 2. The van der Waals surface area contributed by atoms with Crippen LogP contribution in [0.15, 0.2) is 24.9 Å². The lowest BCUT2D eigenvalue weighted by atomic mass is 9.86. The molecule has 142 valence electrons. The summed E-state index contributed by atoms with van der Waals surface area (Å²) in [5, 5.41) is 3.70. The summed E-state index contributed by atoms with van der Waals surface area (Å²) in [5.41, 5.74) is -0.344. The van der Waals surface area contributed by atoms with Gasteiger partial charge in [0, 0.05) is 44.7 Å². The van der Waals surface area contributed by atoms with Crippen LogP contribution in [0.25, 0.3) is 0 Å². The van der Waals surface area contributed by atoms with E-state index in [1.165, 1.54) is 24.3 Å². The fourth-order valence-electron chi connectivity index (χ4n) is 3.95. The molecule has 2 fully saturated rings. The lowest BCUT2D eigenvalue weighted by molar-refractivity contribution is -0.117. The number of hydrogen-bond acceptors (Lipinski definition) is 5. The lowest BCUT2D eigenvalue weighted by Gasteiger charge is -2.24. The molecule has 8 nitrogen and oxygen atoms in total. The normalized spacial score (nSPS) is 22.4. The van der Waals surface area contributed by atoms with Gasteiger partial charge >= 0.3 is 0 Å².